The van der Waals surface area contributed by atoms with E-state index in [4.69, 9.17) is 23.2 Å². The third-order valence-corrected chi connectivity index (χ3v) is 7.52. The smallest absolute Gasteiger partial charge is 0.334 e. The van der Waals surface area contributed by atoms with Crippen LogP contribution in [0.1, 0.15) is 12.6 Å². The summed E-state index contributed by atoms with van der Waals surface area (Å²) in [6.07, 6.45) is 0.436. The molecule has 0 aliphatic carbocycles. The highest BCUT2D eigenvalue weighted by Crippen LogP contribution is 2.34. The first kappa shape index (κ1) is 20.8. The van der Waals surface area contributed by atoms with Gasteiger partial charge in [0.1, 0.15) is 10.6 Å². The van der Waals surface area contributed by atoms with Crippen molar-refractivity contribution in [2.24, 2.45) is 7.05 Å². The van der Waals surface area contributed by atoms with Crippen LogP contribution in [-0.4, -0.2) is 53.6 Å². The van der Waals surface area contributed by atoms with Crippen LogP contribution in [0.25, 0.3) is 0 Å². The molecule has 12 heteroatoms. The number of aryl methyl sites for hydroxylation is 2. The van der Waals surface area contributed by atoms with Crippen molar-refractivity contribution in [3.8, 4) is 0 Å². The number of piperazine rings is 1. The normalized spacial score (nSPS) is 15.8. The zero-order valence-corrected chi connectivity index (χ0v) is 17.6. The van der Waals surface area contributed by atoms with Crippen molar-refractivity contribution in [2.75, 3.05) is 31.1 Å². The molecule has 0 bridgehead atoms. The van der Waals surface area contributed by atoms with Gasteiger partial charge in [0.2, 0.25) is 15.8 Å². The van der Waals surface area contributed by atoms with Crippen LogP contribution in [0.15, 0.2) is 23.1 Å². The zero-order chi connectivity index (χ0) is 20.6. The Hall–Kier alpha value is -1.88. The molecular formula is C16H19Cl2N5O4S. The molecule has 0 radical (unpaired) electrons. The molecule has 1 aromatic carbocycles. The van der Waals surface area contributed by atoms with E-state index in [1.165, 1.54) is 27.2 Å². The second kappa shape index (κ2) is 7.86. The van der Waals surface area contributed by atoms with Crippen LogP contribution in [0.5, 0.6) is 0 Å². The molecule has 1 aliphatic heterocycles. The summed E-state index contributed by atoms with van der Waals surface area (Å²) in [7, 11) is -2.17. The largest absolute Gasteiger partial charge is 0.348 e. The second-order valence-electron chi connectivity index (χ2n) is 6.30. The fraction of sp³-hybridized carbons (Fsp3) is 0.438. The number of hydrogen-bond donors (Lipinski definition) is 0. The molecule has 152 valence electrons. The number of aromatic nitrogens is 2. The molecule has 3 rings (SSSR count). The van der Waals surface area contributed by atoms with Crippen molar-refractivity contribution < 1.29 is 13.3 Å². The minimum Gasteiger partial charge on any atom is -0.348 e. The number of hydrogen-bond acceptors (Lipinski definition) is 6. The number of benzene rings is 1. The number of rotatable bonds is 5. The molecular weight excluding hydrogens is 429 g/mol. The number of halogens is 2. The lowest BCUT2D eigenvalue weighted by Gasteiger charge is -2.34. The van der Waals surface area contributed by atoms with Crippen molar-refractivity contribution >= 4 is 44.7 Å². The summed E-state index contributed by atoms with van der Waals surface area (Å²) in [5.74, 6) is 0.389. The maximum atomic E-state index is 12.9. The molecule has 2 aromatic rings. The maximum Gasteiger partial charge on any atom is 0.334 e. The van der Waals surface area contributed by atoms with Gasteiger partial charge in [0.15, 0.2) is 0 Å². The Morgan fingerprint density at radius 3 is 2.43 bits per heavy atom. The molecule has 1 aliphatic rings. The van der Waals surface area contributed by atoms with Crippen molar-refractivity contribution in [3.63, 3.8) is 0 Å². The summed E-state index contributed by atoms with van der Waals surface area (Å²) < 4.78 is 28.7. The SMILES string of the molecule is CCc1nn(C)c(N2CCN(S(=O)(=O)c3cccc(Cl)c3Cl)CC2)c1[N+](=O)[O-]. The second-order valence-corrected chi connectivity index (χ2v) is 8.99. The molecule has 1 fully saturated rings. The Bertz CT molecular complexity index is 1020. The van der Waals surface area contributed by atoms with Crippen LogP contribution in [0.2, 0.25) is 10.0 Å². The van der Waals surface area contributed by atoms with Gasteiger partial charge in [-0.25, -0.2) is 13.1 Å². The standard InChI is InChI=1S/C16H19Cl2N5O4S/c1-3-12-15(23(24)25)16(20(2)19-12)21-7-9-22(10-8-21)28(26,27)13-6-4-5-11(17)14(13)18/h4-6H,3,7-10H2,1-2H3. The lowest BCUT2D eigenvalue weighted by atomic mass is 10.2. The topological polar surface area (TPSA) is 102 Å². The highest BCUT2D eigenvalue weighted by molar-refractivity contribution is 7.89. The first-order valence-corrected chi connectivity index (χ1v) is 10.8. The monoisotopic (exact) mass is 447 g/mol. The maximum absolute atomic E-state index is 12.9. The van der Waals surface area contributed by atoms with E-state index in [0.29, 0.717) is 31.0 Å². The average Bonchev–Trinajstić information content (AvgIpc) is 3.00. The van der Waals surface area contributed by atoms with Gasteiger partial charge in [-0.1, -0.05) is 36.2 Å². The molecule has 0 amide bonds. The first-order valence-electron chi connectivity index (χ1n) is 8.57. The molecule has 0 N–H and O–H groups in total. The van der Waals surface area contributed by atoms with Crippen molar-refractivity contribution in [3.05, 3.63) is 44.1 Å². The Kier molecular flexibility index (Phi) is 5.85. The van der Waals surface area contributed by atoms with Gasteiger partial charge in [-0.05, 0) is 18.6 Å². The summed E-state index contributed by atoms with van der Waals surface area (Å²) in [6, 6.07) is 4.46. The van der Waals surface area contributed by atoms with Gasteiger partial charge in [-0.15, -0.1) is 0 Å². The van der Waals surface area contributed by atoms with E-state index in [9.17, 15) is 18.5 Å². The molecule has 28 heavy (non-hydrogen) atoms. The van der Waals surface area contributed by atoms with E-state index in [-0.39, 0.29) is 33.7 Å². The quantitative estimate of drug-likeness (QED) is 0.515. The number of sulfonamides is 1. The molecule has 0 spiro atoms. The number of anilines is 1. The van der Waals surface area contributed by atoms with Crippen molar-refractivity contribution in [1.82, 2.24) is 14.1 Å². The lowest BCUT2D eigenvalue weighted by Crippen LogP contribution is -2.49. The fourth-order valence-electron chi connectivity index (χ4n) is 3.30. The van der Waals surface area contributed by atoms with Gasteiger partial charge in [0.05, 0.1) is 15.0 Å². The highest BCUT2D eigenvalue weighted by atomic mass is 35.5. The van der Waals surface area contributed by atoms with E-state index < -0.39 is 14.9 Å². The third kappa shape index (κ3) is 3.57. The Morgan fingerprint density at radius 1 is 1.21 bits per heavy atom. The van der Waals surface area contributed by atoms with Gasteiger partial charge < -0.3 is 4.90 Å². The Morgan fingerprint density at radius 2 is 1.86 bits per heavy atom. The summed E-state index contributed by atoms with van der Waals surface area (Å²) >= 11 is 12.0. The van der Waals surface area contributed by atoms with E-state index in [1.54, 1.807) is 18.9 Å². The molecule has 0 saturated carbocycles. The Labute approximate surface area is 172 Å². The van der Waals surface area contributed by atoms with Crippen molar-refractivity contribution in [1.29, 1.82) is 0 Å². The molecule has 0 atom stereocenters. The van der Waals surface area contributed by atoms with Crippen LogP contribution < -0.4 is 4.90 Å². The van der Waals surface area contributed by atoms with Crippen molar-refractivity contribution in [2.45, 2.75) is 18.2 Å². The summed E-state index contributed by atoms with van der Waals surface area (Å²) in [6.45, 7) is 2.71. The third-order valence-electron chi connectivity index (χ3n) is 4.65. The van der Waals surface area contributed by atoms with Crippen LogP contribution >= 0.6 is 23.2 Å². The van der Waals surface area contributed by atoms with Crippen LogP contribution in [0.4, 0.5) is 11.5 Å². The minimum absolute atomic E-state index is 0.0125. The predicted molar refractivity (Wildman–Crippen MR) is 107 cm³/mol. The van der Waals surface area contributed by atoms with E-state index >= 15 is 0 Å². The van der Waals surface area contributed by atoms with Crippen LogP contribution in [0, 0.1) is 10.1 Å². The summed E-state index contributed by atoms with van der Waals surface area (Å²) in [4.78, 5) is 12.8. The summed E-state index contributed by atoms with van der Waals surface area (Å²) in [5.41, 5.74) is 0.377. The van der Waals surface area contributed by atoms with Gasteiger partial charge >= 0.3 is 5.69 Å². The molecule has 2 heterocycles. The number of nitro groups is 1. The average molecular weight is 448 g/mol. The van der Waals surface area contributed by atoms with Crippen LogP contribution in [0.3, 0.4) is 0 Å². The zero-order valence-electron chi connectivity index (χ0n) is 15.3. The van der Waals surface area contributed by atoms with Gasteiger partial charge in [0.25, 0.3) is 0 Å². The Balaban J connectivity index is 1.85. The summed E-state index contributed by atoms with van der Waals surface area (Å²) in [5, 5.41) is 15.9. The molecule has 1 aromatic heterocycles. The molecule has 1 saturated heterocycles. The minimum atomic E-state index is -3.82. The van der Waals surface area contributed by atoms with Gasteiger partial charge in [0, 0.05) is 33.2 Å². The first-order chi connectivity index (χ1) is 13.2. The highest BCUT2D eigenvalue weighted by Gasteiger charge is 2.35. The van der Waals surface area contributed by atoms with Gasteiger partial charge in [-0.2, -0.15) is 9.40 Å². The predicted octanol–water partition coefficient (Wildman–Crippen LogP) is 2.71. The molecule has 9 nitrogen and oxygen atoms in total. The van der Waals surface area contributed by atoms with E-state index in [1.807, 2.05) is 0 Å². The van der Waals surface area contributed by atoms with E-state index in [0.717, 1.165) is 0 Å². The van der Waals surface area contributed by atoms with Crippen LogP contribution in [-0.2, 0) is 23.5 Å². The lowest BCUT2D eigenvalue weighted by molar-refractivity contribution is -0.384. The molecule has 0 unspecified atom stereocenters. The fourth-order valence-corrected chi connectivity index (χ4v) is 5.46. The number of nitrogens with zero attached hydrogens (tertiary/aromatic N) is 5. The van der Waals surface area contributed by atoms with Gasteiger partial charge in [-0.3, -0.25) is 10.1 Å². The van der Waals surface area contributed by atoms with E-state index in [2.05, 4.69) is 5.10 Å².